The van der Waals surface area contributed by atoms with Gasteiger partial charge in [-0.25, -0.2) is 4.79 Å². The Labute approximate surface area is 185 Å². The molecule has 3 atom stereocenters. The van der Waals surface area contributed by atoms with Crippen molar-refractivity contribution in [2.24, 2.45) is 11.3 Å². The van der Waals surface area contributed by atoms with Crippen LogP contribution in [0, 0.1) is 11.3 Å². The minimum Gasteiger partial charge on any atom is -0.444 e. The van der Waals surface area contributed by atoms with E-state index in [9.17, 15) is 4.79 Å². The fourth-order valence-corrected chi connectivity index (χ4v) is 5.00. The molecular formula is C23H42NO5Si. The summed E-state index contributed by atoms with van der Waals surface area (Å²) in [4.78, 5) is 15.0. The summed E-state index contributed by atoms with van der Waals surface area (Å²) in [6, 6.07) is 0. The molecule has 2 saturated heterocycles. The SMILES string of the molecule is C=C(COC1CCCCO1)C1(O[Si](C)C)CC(C(C)(C)C)CN1C(=O)OC(C)(C)C. The number of likely N-dealkylation sites (tertiary alicyclic amines) is 1. The molecule has 0 spiro atoms. The monoisotopic (exact) mass is 440 g/mol. The van der Waals surface area contributed by atoms with Crippen LogP contribution in [0.5, 0.6) is 0 Å². The van der Waals surface area contributed by atoms with Crippen LogP contribution < -0.4 is 0 Å². The van der Waals surface area contributed by atoms with E-state index in [1.807, 2.05) is 20.8 Å². The molecule has 3 unspecified atom stereocenters. The molecule has 0 aliphatic carbocycles. The highest BCUT2D eigenvalue weighted by atomic mass is 28.3. The highest BCUT2D eigenvalue weighted by Gasteiger charge is 2.54. The minimum absolute atomic E-state index is 0.0212. The van der Waals surface area contributed by atoms with Gasteiger partial charge in [0.15, 0.2) is 12.0 Å². The quantitative estimate of drug-likeness (QED) is 0.411. The number of rotatable bonds is 6. The molecule has 6 nitrogen and oxygen atoms in total. The average molecular weight is 441 g/mol. The van der Waals surface area contributed by atoms with Crippen molar-refractivity contribution < 1.29 is 23.4 Å². The summed E-state index contributed by atoms with van der Waals surface area (Å²) in [6.07, 6.45) is 3.19. The van der Waals surface area contributed by atoms with Gasteiger partial charge in [0, 0.05) is 19.6 Å². The molecule has 2 fully saturated rings. The Morgan fingerprint density at radius 3 is 2.37 bits per heavy atom. The fourth-order valence-electron chi connectivity index (χ4n) is 3.99. The number of hydrogen-bond donors (Lipinski definition) is 0. The first-order valence-electron chi connectivity index (χ1n) is 11.2. The van der Waals surface area contributed by atoms with Crippen molar-refractivity contribution in [3.63, 3.8) is 0 Å². The summed E-state index contributed by atoms with van der Waals surface area (Å²) < 4.78 is 24.1. The maximum absolute atomic E-state index is 13.3. The lowest BCUT2D eigenvalue weighted by atomic mass is 9.78. The first-order chi connectivity index (χ1) is 13.7. The summed E-state index contributed by atoms with van der Waals surface area (Å²) in [6.45, 7) is 22.4. The van der Waals surface area contributed by atoms with Gasteiger partial charge in [0.25, 0.3) is 0 Å². The zero-order valence-corrected chi connectivity index (χ0v) is 21.3. The highest BCUT2D eigenvalue weighted by Crippen LogP contribution is 2.47. The van der Waals surface area contributed by atoms with Crippen LogP contribution in [0.4, 0.5) is 4.79 Å². The summed E-state index contributed by atoms with van der Waals surface area (Å²) >= 11 is 0. The lowest BCUT2D eigenvalue weighted by Crippen LogP contribution is -2.54. The van der Waals surface area contributed by atoms with Crippen LogP contribution in [-0.2, 0) is 18.6 Å². The zero-order chi connectivity index (χ0) is 22.7. The lowest BCUT2D eigenvalue weighted by molar-refractivity contribution is -0.162. The molecule has 2 aliphatic rings. The van der Waals surface area contributed by atoms with Gasteiger partial charge in [-0.3, -0.25) is 4.90 Å². The van der Waals surface area contributed by atoms with Crippen molar-refractivity contribution in [2.75, 3.05) is 19.8 Å². The molecule has 1 amide bonds. The largest absolute Gasteiger partial charge is 0.444 e. The number of carbonyl (C=O) groups is 1. The number of carbonyl (C=O) groups excluding carboxylic acids is 1. The van der Waals surface area contributed by atoms with E-state index in [1.54, 1.807) is 4.90 Å². The van der Waals surface area contributed by atoms with Gasteiger partial charge >= 0.3 is 6.09 Å². The van der Waals surface area contributed by atoms with Gasteiger partial charge in [-0.05, 0) is 70.0 Å². The molecule has 173 valence electrons. The topological polar surface area (TPSA) is 57.2 Å². The fraction of sp³-hybridized carbons (Fsp3) is 0.870. The van der Waals surface area contributed by atoms with Gasteiger partial charge in [0.1, 0.15) is 5.60 Å². The Bertz CT molecular complexity index is 604. The Hall–Kier alpha value is -0.893. The van der Waals surface area contributed by atoms with Crippen LogP contribution >= 0.6 is 0 Å². The predicted octanol–water partition coefficient (Wildman–Crippen LogP) is 5.35. The van der Waals surface area contributed by atoms with Crippen molar-refractivity contribution in [3.05, 3.63) is 12.2 Å². The summed E-state index contributed by atoms with van der Waals surface area (Å²) in [7, 11) is -1.14. The Kier molecular flexibility index (Phi) is 8.22. The van der Waals surface area contributed by atoms with Gasteiger partial charge in [0.2, 0.25) is 9.04 Å². The molecular weight excluding hydrogens is 398 g/mol. The van der Waals surface area contributed by atoms with E-state index < -0.39 is 20.4 Å². The normalized spacial score (nSPS) is 28.1. The second kappa shape index (κ2) is 9.71. The molecule has 2 aliphatic heterocycles. The minimum atomic E-state index is -1.14. The molecule has 0 saturated carbocycles. The van der Waals surface area contributed by atoms with E-state index >= 15 is 0 Å². The molecule has 2 heterocycles. The van der Waals surface area contributed by atoms with Gasteiger partial charge < -0.3 is 18.6 Å². The number of hydrogen-bond acceptors (Lipinski definition) is 5. The van der Waals surface area contributed by atoms with E-state index in [0.29, 0.717) is 19.6 Å². The summed E-state index contributed by atoms with van der Waals surface area (Å²) in [5.41, 5.74) is -0.705. The second-order valence-corrected chi connectivity index (χ2v) is 12.9. The van der Waals surface area contributed by atoms with Gasteiger partial charge in [-0.15, -0.1) is 0 Å². The van der Waals surface area contributed by atoms with Crippen molar-refractivity contribution in [3.8, 4) is 0 Å². The summed E-state index contributed by atoms with van der Waals surface area (Å²) in [5.74, 6) is 0.258. The second-order valence-electron chi connectivity index (χ2n) is 10.9. The molecule has 0 aromatic carbocycles. The first-order valence-corrected chi connectivity index (χ1v) is 13.6. The Morgan fingerprint density at radius 2 is 1.87 bits per heavy atom. The van der Waals surface area contributed by atoms with Gasteiger partial charge in [-0.2, -0.15) is 0 Å². The van der Waals surface area contributed by atoms with E-state index in [0.717, 1.165) is 31.4 Å². The Balaban J connectivity index is 2.31. The van der Waals surface area contributed by atoms with Crippen LogP contribution in [0.1, 0.15) is 67.2 Å². The highest BCUT2D eigenvalue weighted by molar-refractivity contribution is 6.48. The van der Waals surface area contributed by atoms with Gasteiger partial charge in [0.05, 0.1) is 6.61 Å². The van der Waals surface area contributed by atoms with E-state index in [4.69, 9.17) is 18.6 Å². The van der Waals surface area contributed by atoms with Crippen LogP contribution in [0.3, 0.4) is 0 Å². The third-order valence-electron chi connectivity index (χ3n) is 5.71. The van der Waals surface area contributed by atoms with E-state index in [1.165, 1.54) is 0 Å². The smallest absolute Gasteiger partial charge is 0.412 e. The molecule has 30 heavy (non-hydrogen) atoms. The van der Waals surface area contributed by atoms with Crippen molar-refractivity contribution >= 4 is 15.1 Å². The third kappa shape index (κ3) is 6.55. The zero-order valence-electron chi connectivity index (χ0n) is 20.3. The van der Waals surface area contributed by atoms with E-state index in [2.05, 4.69) is 40.4 Å². The van der Waals surface area contributed by atoms with Crippen LogP contribution in [0.15, 0.2) is 12.2 Å². The molecule has 1 radical (unpaired) electrons. The number of amides is 1. The van der Waals surface area contributed by atoms with Crippen LogP contribution in [-0.4, -0.2) is 57.4 Å². The predicted molar refractivity (Wildman–Crippen MR) is 120 cm³/mol. The van der Waals surface area contributed by atoms with Crippen LogP contribution in [0.25, 0.3) is 0 Å². The third-order valence-corrected chi connectivity index (χ3v) is 6.45. The molecule has 0 aromatic heterocycles. The lowest BCUT2D eigenvalue weighted by Gasteiger charge is -2.42. The maximum atomic E-state index is 13.3. The van der Waals surface area contributed by atoms with Gasteiger partial charge in [-0.1, -0.05) is 27.4 Å². The molecule has 7 heteroatoms. The van der Waals surface area contributed by atoms with Crippen LogP contribution in [0.2, 0.25) is 13.1 Å². The maximum Gasteiger partial charge on any atom is 0.412 e. The van der Waals surface area contributed by atoms with Crippen molar-refractivity contribution in [1.29, 1.82) is 0 Å². The van der Waals surface area contributed by atoms with Crippen molar-refractivity contribution in [2.45, 2.75) is 97.9 Å². The molecule has 0 bridgehead atoms. The number of ether oxygens (including phenoxy) is 3. The average Bonchev–Trinajstić information content (AvgIpc) is 2.99. The Morgan fingerprint density at radius 1 is 1.20 bits per heavy atom. The van der Waals surface area contributed by atoms with E-state index in [-0.39, 0.29) is 23.7 Å². The summed E-state index contributed by atoms with van der Waals surface area (Å²) in [5, 5.41) is 0. The standard InChI is InChI=1S/C23H42NO5Si/c1-17(16-27-19-12-10-11-13-26-19)23(29-30(8)9)14-18(21(2,3)4)15-24(23)20(25)28-22(5,6)7/h18-19H,1,10-16H2,2-9H3. The molecule has 2 rings (SSSR count). The molecule has 0 aromatic rings. The molecule has 0 N–H and O–H groups in total. The first kappa shape index (κ1) is 25.4. The van der Waals surface area contributed by atoms with Crippen molar-refractivity contribution in [1.82, 2.24) is 4.90 Å². The number of nitrogens with zero attached hydrogens (tertiary/aromatic N) is 1.